The largest absolute Gasteiger partial charge is 0.481 e. The van der Waals surface area contributed by atoms with Crippen molar-refractivity contribution in [3.8, 4) is 12.3 Å². The fraction of sp³-hybridized carbons (Fsp3) is 0.400. The summed E-state index contributed by atoms with van der Waals surface area (Å²) >= 11 is 0. The SMILES string of the molecule is C#C[C@H](N)CC(=O)O.Cl. The Morgan fingerprint density at radius 2 is 2.33 bits per heavy atom. The van der Waals surface area contributed by atoms with E-state index in [9.17, 15) is 4.79 Å². The first kappa shape index (κ1) is 11.1. The average molecular weight is 150 g/mol. The predicted octanol–water partition coefficient (Wildman–Crippen LogP) is -0.157. The summed E-state index contributed by atoms with van der Waals surface area (Å²) in [5.41, 5.74) is 5.06. The zero-order valence-corrected chi connectivity index (χ0v) is 5.52. The molecule has 0 aliphatic carbocycles. The van der Waals surface area contributed by atoms with Crippen LogP contribution in [0.1, 0.15) is 6.42 Å². The Hall–Kier alpha value is -0.720. The molecule has 52 valence electrons. The van der Waals surface area contributed by atoms with Gasteiger partial charge in [-0.3, -0.25) is 4.79 Å². The molecule has 0 bridgehead atoms. The quantitative estimate of drug-likeness (QED) is 0.537. The van der Waals surface area contributed by atoms with Crippen molar-refractivity contribution in [3.05, 3.63) is 0 Å². The first-order valence-corrected chi connectivity index (χ1v) is 2.10. The van der Waals surface area contributed by atoms with E-state index in [4.69, 9.17) is 17.3 Å². The van der Waals surface area contributed by atoms with Gasteiger partial charge in [-0.15, -0.1) is 18.8 Å². The van der Waals surface area contributed by atoms with Gasteiger partial charge in [0.1, 0.15) is 0 Å². The smallest absolute Gasteiger partial charge is 0.305 e. The van der Waals surface area contributed by atoms with Crippen molar-refractivity contribution in [2.45, 2.75) is 12.5 Å². The van der Waals surface area contributed by atoms with Crippen LogP contribution in [0.3, 0.4) is 0 Å². The summed E-state index contributed by atoms with van der Waals surface area (Å²) in [5.74, 6) is 1.13. The van der Waals surface area contributed by atoms with Crippen molar-refractivity contribution in [2.75, 3.05) is 0 Å². The number of terminal acetylenes is 1. The molecule has 0 heterocycles. The number of carboxylic acid groups (broad SMARTS) is 1. The predicted molar refractivity (Wildman–Crippen MR) is 36.3 cm³/mol. The standard InChI is InChI=1S/C5H7NO2.ClH/c1-2-4(6)3-5(7)8;/h1,4H,3,6H2,(H,7,8);1H/t4-;/m0./s1. The molecular formula is C5H8ClNO2. The monoisotopic (exact) mass is 149 g/mol. The molecule has 0 radical (unpaired) electrons. The fourth-order valence-electron chi connectivity index (χ4n) is 0.247. The van der Waals surface area contributed by atoms with E-state index in [2.05, 4.69) is 5.92 Å². The van der Waals surface area contributed by atoms with Crippen LogP contribution < -0.4 is 5.73 Å². The molecule has 0 aromatic heterocycles. The molecule has 0 fully saturated rings. The van der Waals surface area contributed by atoms with Crippen LogP contribution in [0, 0.1) is 12.3 Å². The second-order valence-corrected chi connectivity index (χ2v) is 1.37. The van der Waals surface area contributed by atoms with Crippen LogP contribution in [0.15, 0.2) is 0 Å². The lowest BCUT2D eigenvalue weighted by atomic mass is 10.2. The summed E-state index contributed by atoms with van der Waals surface area (Å²) in [6.45, 7) is 0. The number of nitrogens with two attached hydrogens (primary N) is 1. The van der Waals surface area contributed by atoms with Crippen molar-refractivity contribution < 1.29 is 9.90 Å². The van der Waals surface area contributed by atoms with E-state index in [1.54, 1.807) is 0 Å². The summed E-state index contributed by atoms with van der Waals surface area (Å²) in [4.78, 5) is 9.79. The first-order valence-electron chi connectivity index (χ1n) is 2.10. The van der Waals surface area contributed by atoms with Gasteiger partial charge in [-0.1, -0.05) is 5.92 Å². The molecule has 0 amide bonds. The molecule has 0 spiro atoms. The normalized spacial score (nSPS) is 10.7. The second kappa shape index (κ2) is 5.42. The maximum atomic E-state index is 9.79. The number of carboxylic acids is 1. The Balaban J connectivity index is 0. The van der Waals surface area contributed by atoms with Crippen molar-refractivity contribution >= 4 is 18.4 Å². The van der Waals surface area contributed by atoms with Crippen molar-refractivity contribution in [1.82, 2.24) is 0 Å². The van der Waals surface area contributed by atoms with E-state index in [-0.39, 0.29) is 18.8 Å². The Labute approximate surface area is 59.6 Å². The molecule has 0 saturated heterocycles. The lowest BCUT2D eigenvalue weighted by molar-refractivity contribution is -0.137. The van der Waals surface area contributed by atoms with Crippen LogP contribution in [0.4, 0.5) is 0 Å². The minimum atomic E-state index is -0.963. The number of hydrogen-bond acceptors (Lipinski definition) is 2. The van der Waals surface area contributed by atoms with E-state index < -0.39 is 12.0 Å². The molecule has 1 atom stereocenters. The highest BCUT2D eigenvalue weighted by molar-refractivity contribution is 5.85. The highest BCUT2D eigenvalue weighted by Crippen LogP contribution is 1.82. The van der Waals surface area contributed by atoms with Gasteiger partial charge in [-0.25, -0.2) is 0 Å². The van der Waals surface area contributed by atoms with Crippen LogP contribution in [0.25, 0.3) is 0 Å². The summed E-state index contributed by atoms with van der Waals surface area (Å²) in [5, 5.41) is 8.04. The van der Waals surface area contributed by atoms with Crippen molar-refractivity contribution in [1.29, 1.82) is 0 Å². The lowest BCUT2D eigenvalue weighted by Crippen LogP contribution is -2.20. The van der Waals surface area contributed by atoms with Gasteiger partial charge in [0, 0.05) is 0 Å². The van der Waals surface area contributed by atoms with Gasteiger partial charge in [-0.2, -0.15) is 0 Å². The molecule has 0 saturated carbocycles. The third-order valence-corrected chi connectivity index (χ3v) is 0.609. The third kappa shape index (κ3) is 7.28. The Morgan fingerprint density at radius 1 is 1.89 bits per heavy atom. The number of aliphatic carboxylic acids is 1. The minimum Gasteiger partial charge on any atom is -0.481 e. The summed E-state index contributed by atoms with van der Waals surface area (Å²) in [6.07, 6.45) is 4.63. The van der Waals surface area contributed by atoms with Gasteiger partial charge in [-0.05, 0) is 0 Å². The maximum Gasteiger partial charge on any atom is 0.305 e. The van der Waals surface area contributed by atoms with Crippen molar-refractivity contribution in [3.63, 3.8) is 0 Å². The van der Waals surface area contributed by atoms with E-state index in [1.165, 1.54) is 0 Å². The molecule has 3 nitrogen and oxygen atoms in total. The Bertz CT molecular complexity index is 129. The van der Waals surface area contributed by atoms with Gasteiger partial charge in [0.25, 0.3) is 0 Å². The van der Waals surface area contributed by atoms with Crippen LogP contribution in [0.5, 0.6) is 0 Å². The summed E-state index contributed by atoms with van der Waals surface area (Å²) in [7, 11) is 0. The molecule has 0 unspecified atom stereocenters. The Kier molecular flexibility index (Phi) is 6.70. The summed E-state index contributed by atoms with van der Waals surface area (Å²) in [6, 6.07) is -0.646. The van der Waals surface area contributed by atoms with Crippen LogP contribution >= 0.6 is 12.4 Å². The molecule has 0 aliphatic rings. The van der Waals surface area contributed by atoms with Gasteiger partial charge in [0.15, 0.2) is 0 Å². The molecule has 0 aliphatic heterocycles. The second-order valence-electron chi connectivity index (χ2n) is 1.37. The highest BCUT2D eigenvalue weighted by Gasteiger charge is 2.01. The number of rotatable bonds is 2. The van der Waals surface area contributed by atoms with E-state index in [0.717, 1.165) is 0 Å². The van der Waals surface area contributed by atoms with Gasteiger partial charge < -0.3 is 10.8 Å². The molecule has 3 N–H and O–H groups in total. The van der Waals surface area contributed by atoms with E-state index in [0.29, 0.717) is 0 Å². The Morgan fingerprint density at radius 3 is 2.44 bits per heavy atom. The zero-order chi connectivity index (χ0) is 6.57. The third-order valence-electron chi connectivity index (χ3n) is 0.609. The topological polar surface area (TPSA) is 63.3 Å². The maximum absolute atomic E-state index is 9.79. The minimum absolute atomic E-state index is 0. The van der Waals surface area contributed by atoms with Gasteiger partial charge in [0.05, 0.1) is 12.5 Å². The van der Waals surface area contributed by atoms with Crippen molar-refractivity contribution in [2.24, 2.45) is 5.73 Å². The molecule has 0 aromatic carbocycles. The molecule has 4 heteroatoms. The average Bonchev–Trinajstić information content (AvgIpc) is 1.65. The van der Waals surface area contributed by atoms with Gasteiger partial charge in [0.2, 0.25) is 0 Å². The molecule has 9 heavy (non-hydrogen) atoms. The zero-order valence-electron chi connectivity index (χ0n) is 4.70. The van der Waals surface area contributed by atoms with Crippen LogP contribution in [-0.4, -0.2) is 17.1 Å². The summed E-state index contributed by atoms with van der Waals surface area (Å²) < 4.78 is 0. The fourth-order valence-corrected chi connectivity index (χ4v) is 0.247. The van der Waals surface area contributed by atoms with E-state index >= 15 is 0 Å². The molecular weight excluding hydrogens is 142 g/mol. The van der Waals surface area contributed by atoms with Crippen LogP contribution in [-0.2, 0) is 4.79 Å². The van der Waals surface area contributed by atoms with Crippen LogP contribution in [0.2, 0.25) is 0 Å². The molecule has 0 rings (SSSR count). The highest BCUT2D eigenvalue weighted by atomic mass is 35.5. The van der Waals surface area contributed by atoms with E-state index in [1.807, 2.05) is 0 Å². The number of hydrogen-bond donors (Lipinski definition) is 2. The van der Waals surface area contributed by atoms with Gasteiger partial charge >= 0.3 is 5.97 Å². The number of halogens is 1. The molecule has 0 aromatic rings. The number of carbonyl (C=O) groups is 1. The first-order chi connectivity index (χ1) is 3.66. The lowest BCUT2D eigenvalue weighted by Gasteiger charge is -1.94.